The van der Waals surface area contributed by atoms with Crippen LogP contribution in [0.5, 0.6) is 0 Å². The van der Waals surface area contributed by atoms with Gasteiger partial charge in [0.15, 0.2) is 0 Å². The second kappa shape index (κ2) is 6.93. The smallest absolute Gasteiger partial charge is 0.223 e. The highest BCUT2D eigenvalue weighted by Gasteiger charge is 2.09. The van der Waals surface area contributed by atoms with Crippen molar-refractivity contribution in [3.05, 3.63) is 6.07 Å². The molecule has 0 fully saturated rings. The number of nitrogens with zero attached hydrogens (tertiary/aromatic N) is 3. The highest BCUT2D eigenvalue weighted by atomic mass is 15.2. The summed E-state index contributed by atoms with van der Waals surface area (Å²) in [5.41, 5.74) is 5.73. The molecule has 1 aromatic rings. The summed E-state index contributed by atoms with van der Waals surface area (Å²) in [6, 6.07) is 1.96. The van der Waals surface area contributed by atoms with Crippen LogP contribution in [0, 0.1) is 0 Å². The van der Waals surface area contributed by atoms with Gasteiger partial charge in [-0.25, -0.2) is 0 Å². The molecule has 1 rings (SSSR count). The summed E-state index contributed by atoms with van der Waals surface area (Å²) in [6.07, 6.45) is 2.20. The van der Waals surface area contributed by atoms with E-state index in [1.807, 2.05) is 13.0 Å². The third-order valence-electron chi connectivity index (χ3n) is 2.40. The van der Waals surface area contributed by atoms with Crippen molar-refractivity contribution in [1.29, 1.82) is 0 Å². The van der Waals surface area contributed by atoms with Crippen LogP contribution in [0.3, 0.4) is 0 Å². The fraction of sp³-hybridized carbons (Fsp3) is 0.667. The number of nitrogen functional groups attached to an aromatic ring is 1. The van der Waals surface area contributed by atoms with Crippen LogP contribution in [0.4, 0.5) is 17.6 Å². The van der Waals surface area contributed by atoms with Gasteiger partial charge < -0.3 is 16.0 Å². The lowest BCUT2D eigenvalue weighted by Crippen LogP contribution is -2.26. The Bertz CT molecular complexity index is 334. The third-order valence-corrected chi connectivity index (χ3v) is 2.40. The van der Waals surface area contributed by atoms with E-state index in [0.717, 1.165) is 44.1 Å². The van der Waals surface area contributed by atoms with Crippen LogP contribution in [0.15, 0.2) is 6.07 Å². The lowest BCUT2D eigenvalue weighted by atomic mass is 10.3. The van der Waals surface area contributed by atoms with Gasteiger partial charge in [0.1, 0.15) is 11.6 Å². The van der Waals surface area contributed by atoms with Gasteiger partial charge in [-0.05, 0) is 19.8 Å². The maximum Gasteiger partial charge on any atom is 0.223 e. The van der Waals surface area contributed by atoms with E-state index in [2.05, 4.69) is 34.0 Å². The van der Waals surface area contributed by atoms with E-state index in [9.17, 15) is 0 Å². The van der Waals surface area contributed by atoms with Gasteiger partial charge in [-0.1, -0.05) is 13.8 Å². The molecule has 0 aromatic carbocycles. The largest absolute Gasteiger partial charge is 0.370 e. The summed E-state index contributed by atoms with van der Waals surface area (Å²) < 4.78 is 0. The number of nitrogens with one attached hydrogen (secondary N) is 1. The summed E-state index contributed by atoms with van der Waals surface area (Å²) in [6.45, 7) is 9.19. The van der Waals surface area contributed by atoms with Gasteiger partial charge in [0, 0.05) is 25.7 Å². The molecule has 17 heavy (non-hydrogen) atoms. The molecule has 5 heteroatoms. The number of rotatable bonds is 7. The Morgan fingerprint density at radius 2 is 1.82 bits per heavy atom. The lowest BCUT2D eigenvalue weighted by molar-refractivity contribution is 0.733. The van der Waals surface area contributed by atoms with Crippen LogP contribution < -0.4 is 16.0 Å². The van der Waals surface area contributed by atoms with Crippen LogP contribution in [0.25, 0.3) is 0 Å². The molecule has 0 aliphatic heterocycles. The summed E-state index contributed by atoms with van der Waals surface area (Å²) in [7, 11) is 0. The van der Waals surface area contributed by atoms with Crippen molar-refractivity contribution in [1.82, 2.24) is 9.97 Å². The zero-order chi connectivity index (χ0) is 12.7. The van der Waals surface area contributed by atoms with Crippen molar-refractivity contribution in [3.8, 4) is 0 Å². The first kappa shape index (κ1) is 13.5. The predicted octanol–water partition coefficient (Wildman–Crippen LogP) is 2.12. The molecule has 96 valence electrons. The van der Waals surface area contributed by atoms with Crippen LogP contribution in [-0.4, -0.2) is 29.6 Å². The van der Waals surface area contributed by atoms with Gasteiger partial charge >= 0.3 is 0 Å². The minimum Gasteiger partial charge on any atom is -0.370 e. The Hall–Kier alpha value is -1.52. The molecule has 0 saturated heterocycles. The second-order valence-electron chi connectivity index (χ2n) is 3.99. The standard InChI is InChI=1S/C12H23N5/c1-4-7-17(8-5-2)11-9-10(14-6-3)15-12(13)16-11/h9H,4-8H2,1-3H3,(H3,13,14,15,16). The zero-order valence-corrected chi connectivity index (χ0v) is 11.0. The lowest BCUT2D eigenvalue weighted by Gasteiger charge is -2.23. The Kier molecular flexibility index (Phi) is 5.52. The Morgan fingerprint density at radius 1 is 1.18 bits per heavy atom. The average molecular weight is 237 g/mol. The van der Waals surface area contributed by atoms with Crippen molar-refractivity contribution >= 4 is 17.6 Å². The summed E-state index contributed by atoms with van der Waals surface area (Å²) >= 11 is 0. The van der Waals surface area contributed by atoms with Crippen molar-refractivity contribution in [2.24, 2.45) is 0 Å². The molecular weight excluding hydrogens is 214 g/mol. The summed E-state index contributed by atoms with van der Waals surface area (Å²) in [5, 5.41) is 3.17. The van der Waals surface area contributed by atoms with Crippen molar-refractivity contribution in [2.45, 2.75) is 33.6 Å². The quantitative estimate of drug-likeness (QED) is 0.760. The number of nitrogens with two attached hydrogens (primary N) is 1. The molecule has 0 unspecified atom stereocenters. The molecular formula is C12H23N5. The number of anilines is 3. The van der Waals surface area contributed by atoms with Crippen LogP contribution in [-0.2, 0) is 0 Å². The molecule has 0 saturated carbocycles. The van der Waals surface area contributed by atoms with E-state index in [4.69, 9.17) is 5.73 Å². The molecule has 0 atom stereocenters. The number of hydrogen-bond acceptors (Lipinski definition) is 5. The van der Waals surface area contributed by atoms with E-state index < -0.39 is 0 Å². The zero-order valence-electron chi connectivity index (χ0n) is 11.0. The molecule has 5 nitrogen and oxygen atoms in total. The van der Waals surface area contributed by atoms with Crippen molar-refractivity contribution in [3.63, 3.8) is 0 Å². The van der Waals surface area contributed by atoms with E-state index in [1.165, 1.54) is 0 Å². The molecule has 0 amide bonds. The first-order chi connectivity index (χ1) is 8.21. The van der Waals surface area contributed by atoms with E-state index >= 15 is 0 Å². The minimum atomic E-state index is 0.329. The van der Waals surface area contributed by atoms with Crippen LogP contribution in [0.2, 0.25) is 0 Å². The van der Waals surface area contributed by atoms with Crippen molar-refractivity contribution in [2.75, 3.05) is 35.6 Å². The fourth-order valence-electron chi connectivity index (χ4n) is 1.77. The maximum absolute atomic E-state index is 5.73. The monoisotopic (exact) mass is 237 g/mol. The van der Waals surface area contributed by atoms with Gasteiger partial charge in [-0.2, -0.15) is 9.97 Å². The fourth-order valence-corrected chi connectivity index (χ4v) is 1.77. The SMILES string of the molecule is CCCN(CCC)c1cc(NCC)nc(N)n1. The molecule has 0 bridgehead atoms. The van der Waals surface area contributed by atoms with Gasteiger partial charge in [-0.15, -0.1) is 0 Å². The second-order valence-corrected chi connectivity index (χ2v) is 3.99. The Morgan fingerprint density at radius 3 is 2.35 bits per heavy atom. The normalized spacial score (nSPS) is 10.3. The first-order valence-electron chi connectivity index (χ1n) is 6.34. The van der Waals surface area contributed by atoms with Gasteiger partial charge in [0.2, 0.25) is 5.95 Å². The van der Waals surface area contributed by atoms with E-state index in [-0.39, 0.29) is 0 Å². The molecule has 0 aliphatic carbocycles. The van der Waals surface area contributed by atoms with Gasteiger partial charge in [0.25, 0.3) is 0 Å². The highest BCUT2D eigenvalue weighted by molar-refractivity contribution is 5.52. The van der Waals surface area contributed by atoms with Crippen molar-refractivity contribution < 1.29 is 0 Å². The van der Waals surface area contributed by atoms with Crippen LogP contribution in [0.1, 0.15) is 33.6 Å². The first-order valence-corrected chi connectivity index (χ1v) is 6.34. The van der Waals surface area contributed by atoms with E-state index in [0.29, 0.717) is 5.95 Å². The Balaban J connectivity index is 2.92. The highest BCUT2D eigenvalue weighted by Crippen LogP contribution is 2.17. The molecule has 0 radical (unpaired) electrons. The van der Waals surface area contributed by atoms with Gasteiger partial charge in [-0.3, -0.25) is 0 Å². The number of hydrogen-bond donors (Lipinski definition) is 2. The average Bonchev–Trinajstić information content (AvgIpc) is 2.28. The number of aromatic nitrogens is 2. The summed E-state index contributed by atoms with van der Waals surface area (Å²) in [5.74, 6) is 2.04. The van der Waals surface area contributed by atoms with E-state index in [1.54, 1.807) is 0 Å². The van der Waals surface area contributed by atoms with Gasteiger partial charge in [0.05, 0.1) is 0 Å². The summed E-state index contributed by atoms with van der Waals surface area (Å²) in [4.78, 5) is 10.7. The molecule has 3 N–H and O–H groups in total. The Labute approximate surface area is 103 Å². The minimum absolute atomic E-state index is 0.329. The molecule has 1 heterocycles. The maximum atomic E-state index is 5.73. The molecule has 0 aliphatic rings. The predicted molar refractivity (Wildman–Crippen MR) is 73.4 cm³/mol. The molecule has 1 aromatic heterocycles. The topological polar surface area (TPSA) is 67.1 Å². The van der Waals surface area contributed by atoms with Crippen LogP contribution >= 0.6 is 0 Å². The molecule has 0 spiro atoms. The third kappa shape index (κ3) is 4.09.